The molecule has 0 bridgehead atoms. The quantitative estimate of drug-likeness (QED) is 0.873. The van der Waals surface area contributed by atoms with Crippen molar-refractivity contribution in [1.29, 1.82) is 0 Å². The highest BCUT2D eigenvalue weighted by molar-refractivity contribution is 7.20. The molecule has 2 heterocycles. The molecule has 0 aliphatic heterocycles. The summed E-state index contributed by atoms with van der Waals surface area (Å²) in [5.41, 5.74) is -0.347. The highest BCUT2D eigenvalue weighted by Crippen LogP contribution is 2.31. The molecule has 0 unspecified atom stereocenters. The topological polar surface area (TPSA) is 71.9 Å². The Morgan fingerprint density at radius 2 is 2.10 bits per heavy atom. The largest absolute Gasteiger partial charge is 0.328 e. The number of carbonyl (C=O) groups is 1. The SMILES string of the molecule is CCc1cn(CC(=O)c2cc(Cl)sc2Cl)c(=O)[nH]c1=O. The summed E-state index contributed by atoms with van der Waals surface area (Å²) in [7, 11) is 0. The van der Waals surface area contributed by atoms with Crippen LogP contribution in [0.3, 0.4) is 0 Å². The van der Waals surface area contributed by atoms with Gasteiger partial charge in [-0.05, 0) is 12.5 Å². The Kier molecular flexibility index (Phi) is 4.47. The van der Waals surface area contributed by atoms with Gasteiger partial charge in [0.1, 0.15) is 4.34 Å². The molecule has 0 spiro atoms. The van der Waals surface area contributed by atoms with Crippen LogP contribution in [0, 0.1) is 0 Å². The molecule has 0 saturated heterocycles. The van der Waals surface area contributed by atoms with E-state index in [1.165, 1.54) is 12.3 Å². The van der Waals surface area contributed by atoms with E-state index in [2.05, 4.69) is 4.98 Å². The Hall–Kier alpha value is -1.37. The number of H-pyrrole nitrogens is 1. The van der Waals surface area contributed by atoms with Gasteiger partial charge in [0.15, 0.2) is 5.78 Å². The van der Waals surface area contributed by atoms with Gasteiger partial charge in [-0.3, -0.25) is 19.1 Å². The molecule has 0 aliphatic carbocycles. The minimum absolute atomic E-state index is 0.199. The molecule has 2 aromatic heterocycles. The molecule has 0 radical (unpaired) electrons. The predicted molar refractivity (Wildman–Crippen MR) is 79.4 cm³/mol. The number of hydrogen-bond acceptors (Lipinski definition) is 4. The van der Waals surface area contributed by atoms with E-state index in [1.807, 2.05) is 0 Å². The molecule has 0 amide bonds. The maximum absolute atomic E-state index is 12.1. The van der Waals surface area contributed by atoms with E-state index in [0.717, 1.165) is 15.9 Å². The summed E-state index contributed by atoms with van der Waals surface area (Å²) >= 11 is 12.8. The van der Waals surface area contributed by atoms with Crippen LogP contribution < -0.4 is 11.2 Å². The van der Waals surface area contributed by atoms with Gasteiger partial charge in [0, 0.05) is 11.8 Å². The fourth-order valence-corrected chi connectivity index (χ4v) is 3.19. The minimum Gasteiger partial charge on any atom is -0.293 e. The van der Waals surface area contributed by atoms with Crippen LogP contribution in [0.2, 0.25) is 8.67 Å². The first-order chi connectivity index (χ1) is 9.42. The number of halogens is 2. The van der Waals surface area contributed by atoms with E-state index in [4.69, 9.17) is 23.2 Å². The Balaban J connectivity index is 2.35. The maximum atomic E-state index is 12.1. The highest BCUT2D eigenvalue weighted by atomic mass is 35.5. The zero-order valence-corrected chi connectivity index (χ0v) is 12.7. The highest BCUT2D eigenvalue weighted by Gasteiger charge is 2.16. The lowest BCUT2D eigenvalue weighted by molar-refractivity contribution is 0.0970. The smallest absolute Gasteiger partial charge is 0.293 e. The lowest BCUT2D eigenvalue weighted by Gasteiger charge is -2.05. The molecule has 0 saturated carbocycles. The number of thiophene rings is 1. The Labute approximate surface area is 127 Å². The number of aromatic nitrogens is 2. The molecular weight excluding hydrogens is 323 g/mol. The van der Waals surface area contributed by atoms with Crippen molar-refractivity contribution >= 4 is 40.3 Å². The van der Waals surface area contributed by atoms with Gasteiger partial charge >= 0.3 is 5.69 Å². The summed E-state index contributed by atoms with van der Waals surface area (Å²) in [6.45, 7) is 1.59. The average molecular weight is 333 g/mol. The second-order valence-corrected chi connectivity index (χ2v) is 6.34. The van der Waals surface area contributed by atoms with E-state index in [9.17, 15) is 14.4 Å². The number of carbonyl (C=O) groups excluding carboxylic acids is 1. The van der Waals surface area contributed by atoms with Crippen molar-refractivity contribution < 1.29 is 4.79 Å². The first-order valence-electron chi connectivity index (χ1n) is 5.73. The van der Waals surface area contributed by atoms with Crippen LogP contribution in [0.15, 0.2) is 21.9 Å². The molecule has 1 N–H and O–H groups in total. The van der Waals surface area contributed by atoms with Gasteiger partial charge in [0.25, 0.3) is 5.56 Å². The zero-order chi connectivity index (χ0) is 14.9. The number of Topliss-reactive ketones (excluding diaryl/α,β-unsaturated/α-hetero) is 1. The van der Waals surface area contributed by atoms with Crippen molar-refractivity contribution in [1.82, 2.24) is 9.55 Å². The summed E-state index contributed by atoms with van der Waals surface area (Å²) in [6.07, 6.45) is 1.86. The molecule has 106 valence electrons. The van der Waals surface area contributed by atoms with Gasteiger partial charge in [0.2, 0.25) is 0 Å². The Bertz CT molecular complexity index is 776. The van der Waals surface area contributed by atoms with Crippen molar-refractivity contribution in [3.63, 3.8) is 0 Å². The van der Waals surface area contributed by atoms with Gasteiger partial charge in [-0.15, -0.1) is 11.3 Å². The molecule has 0 atom stereocenters. The molecular formula is C12H10Cl2N2O3S. The van der Waals surface area contributed by atoms with Crippen LogP contribution in [0.5, 0.6) is 0 Å². The van der Waals surface area contributed by atoms with Crippen LogP contribution in [-0.2, 0) is 13.0 Å². The summed E-state index contributed by atoms with van der Waals surface area (Å²) in [5, 5.41) is 0. The third kappa shape index (κ3) is 3.03. The average Bonchev–Trinajstić information content (AvgIpc) is 2.71. The molecule has 2 aromatic rings. The number of hydrogen-bond donors (Lipinski definition) is 1. The molecule has 0 aliphatic rings. The molecule has 0 fully saturated rings. The molecule has 2 rings (SSSR count). The number of aromatic amines is 1. The normalized spacial score (nSPS) is 10.8. The van der Waals surface area contributed by atoms with Crippen LogP contribution in [0.4, 0.5) is 0 Å². The van der Waals surface area contributed by atoms with Crippen molar-refractivity contribution in [3.8, 4) is 0 Å². The number of ketones is 1. The van der Waals surface area contributed by atoms with Crippen LogP contribution in [0.25, 0.3) is 0 Å². The van der Waals surface area contributed by atoms with Crippen LogP contribution in [-0.4, -0.2) is 15.3 Å². The summed E-state index contributed by atoms with van der Waals surface area (Å²) in [4.78, 5) is 37.4. The molecule has 20 heavy (non-hydrogen) atoms. The van der Waals surface area contributed by atoms with Crippen molar-refractivity contribution in [3.05, 3.63) is 52.9 Å². The Morgan fingerprint density at radius 3 is 2.65 bits per heavy atom. The van der Waals surface area contributed by atoms with Gasteiger partial charge in [-0.25, -0.2) is 4.79 Å². The minimum atomic E-state index is -0.627. The second kappa shape index (κ2) is 5.95. The maximum Gasteiger partial charge on any atom is 0.328 e. The van der Waals surface area contributed by atoms with Gasteiger partial charge in [0.05, 0.1) is 16.4 Å². The van der Waals surface area contributed by atoms with Crippen molar-refractivity contribution in [2.75, 3.05) is 0 Å². The molecule has 5 nitrogen and oxygen atoms in total. The van der Waals surface area contributed by atoms with Gasteiger partial charge in [-0.1, -0.05) is 30.1 Å². The number of rotatable bonds is 4. The molecule has 8 heteroatoms. The summed E-state index contributed by atoms with van der Waals surface area (Å²) in [6, 6.07) is 1.47. The van der Waals surface area contributed by atoms with Gasteiger partial charge < -0.3 is 0 Å². The Morgan fingerprint density at radius 1 is 1.40 bits per heavy atom. The lowest BCUT2D eigenvalue weighted by atomic mass is 10.2. The standard InChI is InChI=1S/C12H10Cl2N2O3S/c1-2-6-4-16(12(19)15-11(6)18)5-8(17)7-3-9(13)20-10(7)14/h3-4H,2,5H2,1H3,(H,15,18,19). The number of nitrogens with zero attached hydrogens (tertiary/aromatic N) is 1. The zero-order valence-electron chi connectivity index (χ0n) is 10.4. The number of aryl methyl sites for hydroxylation is 1. The van der Waals surface area contributed by atoms with Gasteiger partial charge in [-0.2, -0.15) is 0 Å². The van der Waals surface area contributed by atoms with E-state index in [-0.39, 0.29) is 22.2 Å². The first-order valence-corrected chi connectivity index (χ1v) is 7.30. The third-order valence-corrected chi connectivity index (χ3v) is 4.22. The summed E-state index contributed by atoms with van der Waals surface area (Å²) in [5.74, 6) is -0.339. The van der Waals surface area contributed by atoms with E-state index in [1.54, 1.807) is 6.92 Å². The third-order valence-electron chi connectivity index (χ3n) is 2.74. The first kappa shape index (κ1) is 15.0. The van der Waals surface area contributed by atoms with Crippen LogP contribution in [0.1, 0.15) is 22.8 Å². The summed E-state index contributed by atoms with van der Waals surface area (Å²) < 4.78 is 1.85. The van der Waals surface area contributed by atoms with E-state index in [0.29, 0.717) is 16.3 Å². The number of nitrogens with one attached hydrogen (secondary N) is 1. The fourth-order valence-electron chi connectivity index (χ4n) is 1.69. The van der Waals surface area contributed by atoms with E-state index < -0.39 is 11.2 Å². The second-order valence-electron chi connectivity index (χ2n) is 4.06. The molecule has 0 aromatic carbocycles. The van der Waals surface area contributed by atoms with Crippen LogP contribution >= 0.6 is 34.5 Å². The lowest BCUT2D eigenvalue weighted by Crippen LogP contribution is -2.33. The monoisotopic (exact) mass is 332 g/mol. The van der Waals surface area contributed by atoms with Crippen molar-refractivity contribution in [2.24, 2.45) is 0 Å². The predicted octanol–water partition coefficient (Wildman–Crippen LogP) is 2.35. The fraction of sp³-hybridized carbons (Fsp3) is 0.250. The van der Waals surface area contributed by atoms with Crippen molar-refractivity contribution in [2.45, 2.75) is 19.9 Å². The van der Waals surface area contributed by atoms with E-state index >= 15 is 0 Å².